The predicted octanol–water partition coefficient (Wildman–Crippen LogP) is 4.42. The molecule has 27 heavy (non-hydrogen) atoms. The van der Waals surface area contributed by atoms with Gasteiger partial charge in [0.2, 0.25) is 0 Å². The largest absolute Gasteiger partial charge is 0.497 e. The second kappa shape index (κ2) is 7.11. The van der Waals surface area contributed by atoms with Crippen LogP contribution in [0.3, 0.4) is 0 Å². The molecule has 4 rings (SSSR count). The summed E-state index contributed by atoms with van der Waals surface area (Å²) in [6.45, 7) is 2.82. The van der Waals surface area contributed by atoms with Crippen molar-refractivity contribution in [1.82, 2.24) is 9.55 Å². The van der Waals surface area contributed by atoms with E-state index in [1.807, 2.05) is 30.3 Å². The molecule has 2 aromatic carbocycles. The molecule has 0 aliphatic carbocycles. The molecule has 2 aromatic heterocycles. The first kappa shape index (κ1) is 17.1. The lowest BCUT2D eigenvalue weighted by atomic mass is 10.1. The summed E-state index contributed by atoms with van der Waals surface area (Å²) in [6.07, 6.45) is 1.76. The van der Waals surface area contributed by atoms with Gasteiger partial charge in [-0.1, -0.05) is 30.3 Å². The van der Waals surface area contributed by atoms with Crippen LogP contribution in [0.15, 0.2) is 60.8 Å². The molecule has 0 radical (unpaired) electrons. The van der Waals surface area contributed by atoms with Crippen LogP contribution in [0.5, 0.6) is 5.75 Å². The summed E-state index contributed by atoms with van der Waals surface area (Å²) in [5.41, 5.74) is 3.58. The Kier molecular flexibility index (Phi) is 4.50. The average molecular weight is 360 g/mol. The van der Waals surface area contributed by atoms with Crippen molar-refractivity contribution >= 4 is 27.8 Å². The Bertz CT molecular complexity index is 1110. The normalized spacial score (nSPS) is 11.0. The maximum absolute atomic E-state index is 12.1. The van der Waals surface area contributed by atoms with Crippen molar-refractivity contribution in [2.75, 3.05) is 13.7 Å². The van der Waals surface area contributed by atoms with Gasteiger partial charge in [0.15, 0.2) is 0 Å². The Morgan fingerprint density at radius 3 is 2.56 bits per heavy atom. The number of ether oxygens (including phenoxy) is 2. The van der Waals surface area contributed by atoms with Crippen LogP contribution in [0.1, 0.15) is 23.0 Å². The van der Waals surface area contributed by atoms with Crippen molar-refractivity contribution in [3.05, 3.63) is 72.1 Å². The van der Waals surface area contributed by atoms with Gasteiger partial charge < -0.3 is 14.0 Å². The number of carbonyl (C=O) groups excluding carboxylic acids is 1. The van der Waals surface area contributed by atoms with Gasteiger partial charge in [0.25, 0.3) is 0 Å². The summed E-state index contributed by atoms with van der Waals surface area (Å²) in [5.74, 6) is 0.438. The lowest BCUT2D eigenvalue weighted by molar-refractivity contribution is 0.0519. The molecule has 0 saturated heterocycles. The smallest absolute Gasteiger partial charge is 0.356 e. The summed E-state index contributed by atoms with van der Waals surface area (Å²) < 4.78 is 12.5. The van der Waals surface area contributed by atoms with Crippen LogP contribution in [0, 0.1) is 0 Å². The fourth-order valence-corrected chi connectivity index (χ4v) is 3.35. The maximum atomic E-state index is 12.1. The van der Waals surface area contributed by atoms with E-state index in [1.165, 1.54) is 0 Å². The molecule has 0 fully saturated rings. The number of para-hydroxylation sites is 1. The summed E-state index contributed by atoms with van der Waals surface area (Å²) in [5, 5.41) is 2.09. The second-order valence-corrected chi connectivity index (χ2v) is 6.26. The number of fused-ring (bicyclic) bond motifs is 3. The molecule has 0 atom stereocenters. The van der Waals surface area contributed by atoms with Crippen molar-refractivity contribution in [2.24, 2.45) is 0 Å². The van der Waals surface area contributed by atoms with Crippen LogP contribution in [0.2, 0.25) is 0 Å². The number of nitrogens with zero attached hydrogens (tertiary/aromatic N) is 2. The Labute approximate surface area is 157 Å². The highest BCUT2D eigenvalue weighted by Crippen LogP contribution is 2.30. The van der Waals surface area contributed by atoms with Crippen molar-refractivity contribution in [3.8, 4) is 5.75 Å². The van der Waals surface area contributed by atoms with E-state index in [0.717, 1.165) is 33.1 Å². The zero-order valence-electron chi connectivity index (χ0n) is 15.3. The molecule has 0 spiro atoms. The molecular weight excluding hydrogens is 340 g/mol. The SMILES string of the molecule is CCOC(=O)c1cc2c3ccccc3n(Cc3ccc(OC)cc3)c2cn1. The third kappa shape index (κ3) is 3.12. The van der Waals surface area contributed by atoms with E-state index in [1.54, 1.807) is 20.2 Å². The van der Waals surface area contributed by atoms with Crippen LogP contribution >= 0.6 is 0 Å². The monoisotopic (exact) mass is 360 g/mol. The van der Waals surface area contributed by atoms with Crippen molar-refractivity contribution in [1.29, 1.82) is 0 Å². The first-order chi connectivity index (χ1) is 13.2. The van der Waals surface area contributed by atoms with Gasteiger partial charge in [0.05, 0.1) is 25.4 Å². The minimum Gasteiger partial charge on any atom is -0.497 e. The molecule has 5 nitrogen and oxygen atoms in total. The summed E-state index contributed by atoms with van der Waals surface area (Å²) >= 11 is 0. The standard InChI is InChI=1S/C22H20N2O3/c1-3-27-22(25)19-12-18-17-6-4-5-7-20(17)24(21(18)13-23-19)14-15-8-10-16(26-2)11-9-15/h4-13H,3,14H2,1-2H3. The van der Waals surface area contributed by atoms with Gasteiger partial charge >= 0.3 is 5.97 Å². The van der Waals surface area contributed by atoms with E-state index >= 15 is 0 Å². The minimum atomic E-state index is -0.397. The number of hydrogen-bond acceptors (Lipinski definition) is 4. The summed E-state index contributed by atoms with van der Waals surface area (Å²) in [6, 6.07) is 18.0. The average Bonchev–Trinajstić information content (AvgIpc) is 3.02. The summed E-state index contributed by atoms with van der Waals surface area (Å²) in [4.78, 5) is 16.4. The molecule has 0 saturated carbocycles. The van der Waals surface area contributed by atoms with Crippen LogP contribution in [-0.2, 0) is 11.3 Å². The lowest BCUT2D eigenvalue weighted by Gasteiger charge is -2.09. The molecule has 0 N–H and O–H groups in total. The highest BCUT2D eigenvalue weighted by molar-refractivity contribution is 6.09. The van der Waals surface area contributed by atoms with Gasteiger partial charge in [-0.2, -0.15) is 0 Å². The Hall–Kier alpha value is -3.34. The number of aromatic nitrogens is 2. The molecule has 2 heterocycles. The van der Waals surface area contributed by atoms with E-state index in [4.69, 9.17) is 9.47 Å². The zero-order valence-corrected chi connectivity index (χ0v) is 15.3. The molecule has 0 bridgehead atoms. The first-order valence-corrected chi connectivity index (χ1v) is 8.88. The number of rotatable bonds is 5. The van der Waals surface area contributed by atoms with E-state index in [-0.39, 0.29) is 0 Å². The van der Waals surface area contributed by atoms with Crippen molar-refractivity contribution in [3.63, 3.8) is 0 Å². The molecule has 0 amide bonds. The molecule has 5 heteroatoms. The number of esters is 1. The number of carbonyl (C=O) groups is 1. The number of pyridine rings is 1. The Morgan fingerprint density at radius 1 is 1.04 bits per heavy atom. The van der Waals surface area contributed by atoms with Crippen LogP contribution < -0.4 is 4.74 Å². The van der Waals surface area contributed by atoms with Crippen LogP contribution in [0.4, 0.5) is 0 Å². The van der Waals surface area contributed by atoms with Gasteiger partial charge in [0, 0.05) is 22.8 Å². The quantitative estimate of drug-likeness (QED) is 0.494. The van der Waals surface area contributed by atoms with Gasteiger partial charge in [-0.25, -0.2) is 9.78 Å². The lowest BCUT2D eigenvalue weighted by Crippen LogP contribution is -2.07. The predicted molar refractivity (Wildman–Crippen MR) is 105 cm³/mol. The van der Waals surface area contributed by atoms with Gasteiger partial charge in [0.1, 0.15) is 11.4 Å². The fraction of sp³-hybridized carbons (Fsp3) is 0.182. The van der Waals surface area contributed by atoms with E-state index in [9.17, 15) is 4.79 Å². The van der Waals surface area contributed by atoms with Gasteiger partial charge in [-0.05, 0) is 36.8 Å². The fourth-order valence-electron chi connectivity index (χ4n) is 3.35. The van der Waals surface area contributed by atoms with Gasteiger partial charge in [-0.3, -0.25) is 0 Å². The molecule has 136 valence electrons. The number of benzene rings is 2. The molecular formula is C22H20N2O3. The van der Waals surface area contributed by atoms with E-state index < -0.39 is 5.97 Å². The highest BCUT2D eigenvalue weighted by atomic mass is 16.5. The van der Waals surface area contributed by atoms with Crippen LogP contribution in [-0.4, -0.2) is 29.2 Å². The van der Waals surface area contributed by atoms with Crippen LogP contribution in [0.25, 0.3) is 21.8 Å². The van der Waals surface area contributed by atoms with E-state index in [0.29, 0.717) is 18.8 Å². The van der Waals surface area contributed by atoms with Crippen molar-refractivity contribution < 1.29 is 14.3 Å². The Morgan fingerprint density at radius 2 is 1.81 bits per heavy atom. The van der Waals surface area contributed by atoms with E-state index in [2.05, 4.69) is 33.8 Å². The molecule has 4 aromatic rings. The highest BCUT2D eigenvalue weighted by Gasteiger charge is 2.15. The number of hydrogen-bond donors (Lipinski definition) is 0. The topological polar surface area (TPSA) is 53.4 Å². The second-order valence-electron chi connectivity index (χ2n) is 6.26. The maximum Gasteiger partial charge on any atom is 0.356 e. The molecule has 0 unspecified atom stereocenters. The first-order valence-electron chi connectivity index (χ1n) is 8.88. The van der Waals surface area contributed by atoms with Gasteiger partial charge in [-0.15, -0.1) is 0 Å². The minimum absolute atomic E-state index is 0.330. The number of methoxy groups -OCH3 is 1. The molecule has 0 aliphatic heterocycles. The van der Waals surface area contributed by atoms with Crippen molar-refractivity contribution in [2.45, 2.75) is 13.5 Å². The summed E-state index contributed by atoms with van der Waals surface area (Å²) in [7, 11) is 1.66. The third-order valence-corrected chi connectivity index (χ3v) is 4.64. The zero-order chi connectivity index (χ0) is 18.8. The molecule has 0 aliphatic rings. The Balaban J connectivity index is 1.84. The third-order valence-electron chi connectivity index (χ3n) is 4.64.